The number of aromatic nitrogens is 2. The minimum absolute atomic E-state index is 0.232. The van der Waals surface area contributed by atoms with E-state index in [0.29, 0.717) is 28.0 Å². The van der Waals surface area contributed by atoms with E-state index in [4.69, 9.17) is 11.6 Å². The van der Waals surface area contributed by atoms with Crippen molar-refractivity contribution in [2.45, 2.75) is 19.5 Å². The molecule has 0 saturated heterocycles. The molecule has 0 saturated carbocycles. The van der Waals surface area contributed by atoms with E-state index in [2.05, 4.69) is 5.32 Å². The molecule has 0 atom stereocenters. The molecule has 1 N–H and O–H groups in total. The number of hydrogen-bond acceptors (Lipinski definition) is 4. The molecule has 0 bridgehead atoms. The highest BCUT2D eigenvalue weighted by molar-refractivity contribution is 7.09. The van der Waals surface area contributed by atoms with Crippen LogP contribution in [0.3, 0.4) is 0 Å². The van der Waals surface area contributed by atoms with Crippen LogP contribution in [0.15, 0.2) is 75.6 Å². The number of aryl methyl sites for hydroxylation is 1. The average Bonchev–Trinajstić information content (AvgIpc) is 3.26. The molecule has 4 aromatic rings. The zero-order valence-electron chi connectivity index (χ0n) is 15.9. The van der Waals surface area contributed by atoms with Crippen molar-refractivity contribution in [3.8, 4) is 0 Å². The van der Waals surface area contributed by atoms with E-state index in [0.717, 1.165) is 4.88 Å². The molecule has 0 fully saturated rings. The van der Waals surface area contributed by atoms with Gasteiger partial charge in [-0.25, -0.2) is 4.79 Å². The Morgan fingerprint density at radius 3 is 2.50 bits per heavy atom. The smallest absolute Gasteiger partial charge is 0.323 e. The highest BCUT2D eigenvalue weighted by Crippen LogP contribution is 2.20. The van der Waals surface area contributed by atoms with Crippen molar-refractivity contribution in [3.05, 3.63) is 96.8 Å². The van der Waals surface area contributed by atoms with Gasteiger partial charge in [-0.05, 0) is 42.1 Å². The van der Waals surface area contributed by atoms with Gasteiger partial charge in [-0.1, -0.05) is 41.9 Å². The maximum atomic E-state index is 13.1. The zero-order chi connectivity index (χ0) is 21.1. The third-order valence-electron chi connectivity index (χ3n) is 4.74. The number of fused-ring (bicyclic) bond motifs is 1. The van der Waals surface area contributed by atoms with Crippen LogP contribution in [-0.4, -0.2) is 15.0 Å². The molecule has 30 heavy (non-hydrogen) atoms. The van der Waals surface area contributed by atoms with Gasteiger partial charge in [-0.15, -0.1) is 11.3 Å². The molecule has 0 aliphatic rings. The fraction of sp³-hybridized carbons (Fsp3) is 0.136. The van der Waals surface area contributed by atoms with Gasteiger partial charge in [-0.2, -0.15) is 0 Å². The lowest BCUT2D eigenvalue weighted by Gasteiger charge is -2.14. The van der Waals surface area contributed by atoms with Gasteiger partial charge in [0.15, 0.2) is 0 Å². The van der Waals surface area contributed by atoms with Crippen molar-refractivity contribution in [2.75, 3.05) is 5.32 Å². The van der Waals surface area contributed by atoms with Gasteiger partial charge in [0.25, 0.3) is 5.56 Å². The number of carbonyl (C=O) groups is 1. The molecule has 2 aromatic carbocycles. The van der Waals surface area contributed by atoms with E-state index < -0.39 is 11.6 Å². The van der Waals surface area contributed by atoms with Gasteiger partial charge in [0, 0.05) is 11.4 Å². The third kappa shape index (κ3) is 4.08. The van der Waals surface area contributed by atoms with Crippen LogP contribution in [0.2, 0.25) is 5.02 Å². The molecule has 2 aromatic heterocycles. The summed E-state index contributed by atoms with van der Waals surface area (Å²) in [6, 6.07) is 17.6. The van der Waals surface area contributed by atoms with Gasteiger partial charge in [0.2, 0.25) is 5.91 Å². The second kappa shape index (κ2) is 8.69. The van der Waals surface area contributed by atoms with Gasteiger partial charge in [0.05, 0.1) is 21.6 Å². The first-order chi connectivity index (χ1) is 14.5. The molecule has 152 valence electrons. The Hall–Kier alpha value is -3.16. The summed E-state index contributed by atoms with van der Waals surface area (Å²) in [7, 11) is 0. The van der Waals surface area contributed by atoms with Crippen LogP contribution < -0.4 is 16.6 Å². The summed E-state index contributed by atoms with van der Waals surface area (Å²) in [6.07, 6.45) is 0.566. The number of para-hydroxylation sites is 2. The molecule has 0 aliphatic heterocycles. The second-order valence-electron chi connectivity index (χ2n) is 6.70. The van der Waals surface area contributed by atoms with Crippen molar-refractivity contribution in [1.29, 1.82) is 0 Å². The second-order valence-corrected chi connectivity index (χ2v) is 8.14. The standard InChI is InChI=1S/C22H18ClN3O3S/c23-17-8-2-3-9-18(17)24-20(27)14-26-19-10-4-1-7-16(19)21(28)25(22(26)29)12-11-15-6-5-13-30-15/h1-10,13H,11-12,14H2,(H,24,27). The molecule has 8 heteroatoms. The van der Waals surface area contributed by atoms with E-state index in [9.17, 15) is 14.4 Å². The largest absolute Gasteiger partial charge is 0.331 e. The minimum atomic E-state index is -0.510. The van der Waals surface area contributed by atoms with Gasteiger partial charge in [0.1, 0.15) is 6.54 Å². The van der Waals surface area contributed by atoms with Crippen LogP contribution >= 0.6 is 22.9 Å². The lowest BCUT2D eigenvalue weighted by atomic mass is 10.2. The highest BCUT2D eigenvalue weighted by Gasteiger charge is 2.16. The number of carbonyl (C=O) groups excluding carboxylic acids is 1. The number of rotatable bonds is 6. The summed E-state index contributed by atoms with van der Waals surface area (Å²) in [5, 5.41) is 5.48. The molecule has 0 unspecified atom stereocenters. The molecular weight excluding hydrogens is 422 g/mol. The van der Waals surface area contributed by atoms with Crippen molar-refractivity contribution >= 4 is 45.4 Å². The summed E-state index contributed by atoms with van der Waals surface area (Å²) in [5.74, 6) is -0.404. The molecular formula is C22H18ClN3O3S. The zero-order valence-corrected chi connectivity index (χ0v) is 17.4. The Labute approximate surface area is 181 Å². The Kier molecular flexibility index (Phi) is 5.83. The number of anilines is 1. The van der Waals surface area contributed by atoms with E-state index >= 15 is 0 Å². The number of nitrogens with one attached hydrogen (secondary N) is 1. The number of halogens is 1. The topological polar surface area (TPSA) is 73.1 Å². The van der Waals surface area contributed by atoms with Crippen molar-refractivity contribution in [2.24, 2.45) is 0 Å². The van der Waals surface area contributed by atoms with Crippen LogP contribution in [0.1, 0.15) is 4.88 Å². The molecule has 2 heterocycles. The molecule has 4 rings (SSSR count). The summed E-state index contributed by atoms with van der Waals surface area (Å²) < 4.78 is 2.53. The molecule has 6 nitrogen and oxygen atoms in total. The summed E-state index contributed by atoms with van der Waals surface area (Å²) in [5.41, 5.74) is 0.0289. The lowest BCUT2D eigenvalue weighted by molar-refractivity contribution is -0.116. The third-order valence-corrected chi connectivity index (χ3v) is 6.01. The summed E-state index contributed by atoms with van der Waals surface area (Å²) in [4.78, 5) is 39.8. The van der Waals surface area contributed by atoms with Gasteiger partial charge >= 0.3 is 5.69 Å². The lowest BCUT2D eigenvalue weighted by Crippen LogP contribution is -2.42. The number of amides is 1. The predicted octanol–water partition coefficient (Wildman–Crippen LogP) is 3.76. The highest BCUT2D eigenvalue weighted by atomic mass is 35.5. The van der Waals surface area contributed by atoms with Crippen molar-refractivity contribution in [3.63, 3.8) is 0 Å². The SMILES string of the molecule is O=C(Cn1c(=O)n(CCc2cccs2)c(=O)c2ccccc21)Nc1ccccc1Cl. The van der Waals surface area contributed by atoms with Crippen LogP contribution in [0.25, 0.3) is 10.9 Å². The minimum Gasteiger partial charge on any atom is -0.323 e. The van der Waals surface area contributed by atoms with Crippen LogP contribution in [0, 0.1) is 0 Å². The maximum absolute atomic E-state index is 13.1. The number of benzene rings is 2. The fourth-order valence-corrected chi connectivity index (χ4v) is 4.17. The van der Waals surface area contributed by atoms with E-state index in [1.165, 1.54) is 9.13 Å². The molecule has 1 amide bonds. The quantitative estimate of drug-likeness (QED) is 0.497. The van der Waals surface area contributed by atoms with E-state index in [1.807, 2.05) is 17.5 Å². The van der Waals surface area contributed by atoms with E-state index in [-0.39, 0.29) is 18.6 Å². The van der Waals surface area contributed by atoms with Crippen molar-refractivity contribution < 1.29 is 4.79 Å². The maximum Gasteiger partial charge on any atom is 0.331 e. The Bertz CT molecular complexity index is 1330. The van der Waals surface area contributed by atoms with Crippen molar-refractivity contribution in [1.82, 2.24) is 9.13 Å². The Balaban J connectivity index is 1.71. The van der Waals surface area contributed by atoms with Gasteiger partial charge in [-0.3, -0.25) is 18.7 Å². The molecule has 0 aliphatic carbocycles. The number of thiophene rings is 1. The first kappa shape index (κ1) is 20.1. The van der Waals surface area contributed by atoms with E-state index in [1.54, 1.807) is 59.9 Å². The predicted molar refractivity (Wildman–Crippen MR) is 121 cm³/mol. The van der Waals surface area contributed by atoms with Crippen LogP contribution in [-0.2, 0) is 24.3 Å². The summed E-state index contributed by atoms with van der Waals surface area (Å²) >= 11 is 7.68. The van der Waals surface area contributed by atoms with Crippen LogP contribution in [0.5, 0.6) is 0 Å². The Morgan fingerprint density at radius 1 is 0.967 bits per heavy atom. The number of hydrogen-bond donors (Lipinski definition) is 1. The van der Waals surface area contributed by atoms with Gasteiger partial charge < -0.3 is 5.32 Å². The monoisotopic (exact) mass is 439 g/mol. The fourth-order valence-electron chi connectivity index (χ4n) is 3.29. The first-order valence-electron chi connectivity index (χ1n) is 9.34. The Morgan fingerprint density at radius 2 is 1.73 bits per heavy atom. The molecule has 0 radical (unpaired) electrons. The first-order valence-corrected chi connectivity index (χ1v) is 10.6. The summed E-state index contributed by atoms with van der Waals surface area (Å²) in [6.45, 7) is 0.0129. The normalized spacial score (nSPS) is 11.0. The average molecular weight is 440 g/mol. The van der Waals surface area contributed by atoms with Crippen LogP contribution in [0.4, 0.5) is 5.69 Å². The molecule has 0 spiro atoms. The number of nitrogens with zero attached hydrogens (tertiary/aromatic N) is 2.